The normalized spacial score (nSPS) is 15.8. The molecule has 1 aliphatic rings. The third-order valence-corrected chi connectivity index (χ3v) is 2.49. The highest BCUT2D eigenvalue weighted by molar-refractivity contribution is 5.26. The first-order chi connectivity index (χ1) is 6.65. The van der Waals surface area contributed by atoms with Crippen LogP contribution in [-0.2, 0) is 6.54 Å². The van der Waals surface area contributed by atoms with Crippen LogP contribution in [0.15, 0.2) is 15.7 Å². The van der Waals surface area contributed by atoms with Crippen molar-refractivity contribution in [2.24, 2.45) is 0 Å². The predicted molar refractivity (Wildman–Crippen MR) is 53.3 cm³/mol. The molecule has 0 unspecified atom stereocenters. The average molecular weight is 195 g/mol. The lowest BCUT2D eigenvalue weighted by atomic mass is 10.5. The SMILES string of the molecule is CCn1c(N)cc(=O)n(C2CC2)c1=O. The minimum atomic E-state index is -0.278. The van der Waals surface area contributed by atoms with E-state index >= 15 is 0 Å². The Morgan fingerprint density at radius 3 is 2.64 bits per heavy atom. The van der Waals surface area contributed by atoms with E-state index in [1.807, 2.05) is 6.92 Å². The monoisotopic (exact) mass is 195 g/mol. The first-order valence-corrected chi connectivity index (χ1v) is 4.77. The average Bonchev–Trinajstić information content (AvgIpc) is 2.88. The van der Waals surface area contributed by atoms with Crippen molar-refractivity contribution in [3.8, 4) is 0 Å². The van der Waals surface area contributed by atoms with Gasteiger partial charge in [-0.05, 0) is 19.8 Å². The van der Waals surface area contributed by atoms with Gasteiger partial charge in [0.2, 0.25) is 0 Å². The first kappa shape index (κ1) is 9.05. The van der Waals surface area contributed by atoms with Crippen molar-refractivity contribution in [1.29, 1.82) is 0 Å². The van der Waals surface area contributed by atoms with Crippen LogP contribution in [-0.4, -0.2) is 9.13 Å². The Morgan fingerprint density at radius 1 is 1.50 bits per heavy atom. The van der Waals surface area contributed by atoms with Crippen LogP contribution >= 0.6 is 0 Å². The van der Waals surface area contributed by atoms with Crippen LogP contribution in [0.2, 0.25) is 0 Å². The van der Waals surface area contributed by atoms with Gasteiger partial charge in [-0.1, -0.05) is 0 Å². The van der Waals surface area contributed by atoms with E-state index in [9.17, 15) is 9.59 Å². The maximum Gasteiger partial charge on any atom is 0.332 e. The van der Waals surface area contributed by atoms with Gasteiger partial charge in [0.05, 0.1) is 0 Å². The molecular weight excluding hydrogens is 182 g/mol. The molecule has 0 spiro atoms. The lowest BCUT2D eigenvalue weighted by Crippen LogP contribution is -2.39. The lowest BCUT2D eigenvalue weighted by Gasteiger charge is -2.09. The second-order valence-corrected chi connectivity index (χ2v) is 3.54. The summed E-state index contributed by atoms with van der Waals surface area (Å²) in [5, 5.41) is 0. The Bertz CT molecular complexity index is 468. The second-order valence-electron chi connectivity index (χ2n) is 3.54. The maximum atomic E-state index is 11.8. The molecule has 5 heteroatoms. The smallest absolute Gasteiger partial charge is 0.332 e. The topological polar surface area (TPSA) is 70.0 Å². The van der Waals surface area contributed by atoms with Gasteiger partial charge >= 0.3 is 5.69 Å². The summed E-state index contributed by atoms with van der Waals surface area (Å²) >= 11 is 0. The molecular formula is C9H13N3O2. The first-order valence-electron chi connectivity index (χ1n) is 4.77. The minimum absolute atomic E-state index is 0.105. The van der Waals surface area contributed by atoms with E-state index in [1.165, 1.54) is 15.2 Å². The number of nitrogens with zero attached hydrogens (tertiary/aromatic N) is 2. The van der Waals surface area contributed by atoms with E-state index in [2.05, 4.69) is 0 Å². The van der Waals surface area contributed by atoms with Crippen molar-refractivity contribution in [2.45, 2.75) is 32.4 Å². The van der Waals surface area contributed by atoms with E-state index in [0.29, 0.717) is 6.54 Å². The van der Waals surface area contributed by atoms with E-state index in [0.717, 1.165) is 12.8 Å². The molecule has 1 fully saturated rings. The number of anilines is 1. The fourth-order valence-corrected chi connectivity index (χ4v) is 1.60. The molecule has 1 saturated carbocycles. The standard InChI is InChI=1S/C9H13N3O2/c1-2-11-7(10)5-8(13)12(9(11)14)6-3-4-6/h5-6H,2-4,10H2,1H3. The van der Waals surface area contributed by atoms with E-state index in [4.69, 9.17) is 5.73 Å². The number of rotatable bonds is 2. The summed E-state index contributed by atoms with van der Waals surface area (Å²) < 4.78 is 2.72. The fraction of sp³-hybridized carbons (Fsp3) is 0.556. The van der Waals surface area contributed by atoms with Crippen molar-refractivity contribution < 1.29 is 0 Å². The molecule has 1 aliphatic carbocycles. The number of nitrogen functional groups attached to an aromatic ring is 1. The molecule has 0 aliphatic heterocycles. The van der Waals surface area contributed by atoms with Gasteiger partial charge in [0.15, 0.2) is 0 Å². The van der Waals surface area contributed by atoms with Crippen LogP contribution in [0.25, 0.3) is 0 Å². The summed E-state index contributed by atoms with van der Waals surface area (Å²) in [7, 11) is 0. The highest BCUT2D eigenvalue weighted by Crippen LogP contribution is 2.32. The molecule has 0 aromatic carbocycles. The summed E-state index contributed by atoms with van der Waals surface area (Å²) in [6.45, 7) is 2.33. The van der Waals surface area contributed by atoms with Gasteiger partial charge in [-0.3, -0.25) is 13.9 Å². The van der Waals surface area contributed by atoms with Crippen LogP contribution in [0.4, 0.5) is 5.82 Å². The largest absolute Gasteiger partial charge is 0.385 e. The molecule has 1 heterocycles. The Morgan fingerprint density at radius 2 is 2.14 bits per heavy atom. The molecule has 0 amide bonds. The van der Waals surface area contributed by atoms with Crippen molar-refractivity contribution in [2.75, 3.05) is 5.73 Å². The zero-order valence-electron chi connectivity index (χ0n) is 8.06. The van der Waals surface area contributed by atoms with E-state index in [-0.39, 0.29) is 23.1 Å². The van der Waals surface area contributed by atoms with Crippen molar-refractivity contribution in [3.63, 3.8) is 0 Å². The molecule has 5 nitrogen and oxygen atoms in total. The maximum absolute atomic E-state index is 11.8. The van der Waals surface area contributed by atoms with Crippen LogP contribution in [0, 0.1) is 0 Å². The molecule has 76 valence electrons. The molecule has 1 aromatic rings. The highest BCUT2D eigenvalue weighted by atomic mass is 16.2. The van der Waals surface area contributed by atoms with Crippen molar-refractivity contribution >= 4 is 5.82 Å². The summed E-state index contributed by atoms with van der Waals surface area (Å²) in [6.07, 6.45) is 1.84. The van der Waals surface area contributed by atoms with Gasteiger partial charge < -0.3 is 5.73 Å². The summed E-state index contributed by atoms with van der Waals surface area (Å²) in [6, 6.07) is 1.43. The molecule has 0 saturated heterocycles. The van der Waals surface area contributed by atoms with Crippen molar-refractivity contribution in [3.05, 3.63) is 26.9 Å². The third-order valence-electron chi connectivity index (χ3n) is 2.49. The number of nitrogens with two attached hydrogens (primary N) is 1. The Kier molecular flexibility index (Phi) is 1.94. The van der Waals surface area contributed by atoms with E-state index in [1.54, 1.807) is 0 Å². The zero-order chi connectivity index (χ0) is 10.3. The Hall–Kier alpha value is -1.52. The quantitative estimate of drug-likeness (QED) is 0.719. The molecule has 2 N–H and O–H groups in total. The number of hydrogen-bond acceptors (Lipinski definition) is 3. The van der Waals surface area contributed by atoms with Gasteiger partial charge in [0, 0.05) is 18.7 Å². The zero-order valence-corrected chi connectivity index (χ0v) is 8.06. The molecule has 14 heavy (non-hydrogen) atoms. The van der Waals surface area contributed by atoms with Gasteiger partial charge in [-0.2, -0.15) is 0 Å². The summed E-state index contributed by atoms with van der Waals surface area (Å²) in [5.41, 5.74) is 5.02. The highest BCUT2D eigenvalue weighted by Gasteiger charge is 2.27. The number of aromatic nitrogens is 2. The van der Waals surface area contributed by atoms with Gasteiger partial charge in [-0.25, -0.2) is 4.79 Å². The lowest BCUT2D eigenvalue weighted by molar-refractivity contribution is 0.584. The molecule has 2 rings (SSSR count). The minimum Gasteiger partial charge on any atom is -0.385 e. The second kappa shape index (κ2) is 3.01. The predicted octanol–water partition coefficient (Wildman–Crippen LogP) is -0.0530. The van der Waals surface area contributed by atoms with Gasteiger partial charge in [0.1, 0.15) is 5.82 Å². The van der Waals surface area contributed by atoms with Crippen LogP contribution in [0.1, 0.15) is 25.8 Å². The third kappa shape index (κ3) is 1.25. The molecule has 0 bridgehead atoms. The molecule has 0 atom stereocenters. The summed E-state index contributed by atoms with van der Waals surface area (Å²) in [5.74, 6) is 0.249. The van der Waals surface area contributed by atoms with Gasteiger partial charge in [-0.15, -0.1) is 0 Å². The number of hydrogen-bond donors (Lipinski definition) is 1. The van der Waals surface area contributed by atoms with Crippen LogP contribution in [0.5, 0.6) is 0 Å². The summed E-state index contributed by atoms with van der Waals surface area (Å²) in [4.78, 5) is 23.2. The van der Waals surface area contributed by atoms with Crippen LogP contribution in [0.3, 0.4) is 0 Å². The van der Waals surface area contributed by atoms with E-state index < -0.39 is 0 Å². The Labute approximate surface area is 80.8 Å². The fourth-order valence-electron chi connectivity index (χ4n) is 1.60. The molecule has 0 radical (unpaired) electrons. The van der Waals surface area contributed by atoms with Gasteiger partial charge in [0.25, 0.3) is 5.56 Å². The van der Waals surface area contributed by atoms with Crippen molar-refractivity contribution in [1.82, 2.24) is 9.13 Å². The van der Waals surface area contributed by atoms with Crippen LogP contribution < -0.4 is 17.0 Å². The molecule has 1 aromatic heterocycles. The Balaban J connectivity index is 2.71.